The molecule has 3 aromatic rings. The largest absolute Gasteiger partial charge is 0.496 e. The summed E-state index contributed by atoms with van der Waals surface area (Å²) >= 11 is 5.85. The molecule has 3 rings (SSSR count). The molecule has 0 spiro atoms. The first-order valence-corrected chi connectivity index (χ1v) is 8.30. The van der Waals surface area contributed by atoms with Crippen molar-refractivity contribution in [2.45, 2.75) is 20.0 Å². The van der Waals surface area contributed by atoms with Crippen LogP contribution in [0.4, 0.5) is 0 Å². The highest BCUT2D eigenvalue weighted by molar-refractivity contribution is 6.30. The van der Waals surface area contributed by atoms with Gasteiger partial charge in [-0.3, -0.25) is 4.79 Å². The van der Waals surface area contributed by atoms with E-state index in [0.717, 1.165) is 16.7 Å². The van der Waals surface area contributed by atoms with Crippen molar-refractivity contribution in [2.24, 2.45) is 0 Å². The van der Waals surface area contributed by atoms with Crippen molar-refractivity contribution in [1.82, 2.24) is 10.2 Å². The molecule has 0 fully saturated rings. The number of carbonyl (C=O) groups excluding carboxylic acids is 1. The van der Waals surface area contributed by atoms with E-state index in [1.54, 1.807) is 31.4 Å². The lowest BCUT2D eigenvalue weighted by atomic mass is 10.1. The Morgan fingerprint density at radius 1 is 1.15 bits per heavy atom. The van der Waals surface area contributed by atoms with Crippen LogP contribution in [0.3, 0.4) is 0 Å². The highest BCUT2D eigenvalue weighted by Gasteiger charge is 2.13. The van der Waals surface area contributed by atoms with Crippen LogP contribution in [0.5, 0.6) is 5.75 Å². The van der Waals surface area contributed by atoms with Gasteiger partial charge in [-0.25, -0.2) is 0 Å². The van der Waals surface area contributed by atoms with Crippen molar-refractivity contribution >= 4 is 17.6 Å². The van der Waals surface area contributed by atoms with Crippen molar-refractivity contribution in [3.63, 3.8) is 0 Å². The van der Waals surface area contributed by atoms with E-state index in [4.69, 9.17) is 25.5 Å². The van der Waals surface area contributed by atoms with Crippen LogP contribution >= 0.6 is 11.6 Å². The van der Waals surface area contributed by atoms with Crippen molar-refractivity contribution in [1.29, 1.82) is 0 Å². The minimum Gasteiger partial charge on any atom is -0.496 e. The molecule has 0 atom stereocenters. The van der Waals surface area contributed by atoms with E-state index < -0.39 is 5.97 Å². The summed E-state index contributed by atoms with van der Waals surface area (Å²) in [5.41, 5.74) is 2.55. The molecule has 0 aliphatic carbocycles. The maximum atomic E-state index is 12.1. The number of methoxy groups -OCH3 is 1. The third kappa shape index (κ3) is 4.40. The third-order valence-corrected chi connectivity index (χ3v) is 3.94. The van der Waals surface area contributed by atoms with E-state index >= 15 is 0 Å². The molecule has 134 valence electrons. The van der Waals surface area contributed by atoms with Gasteiger partial charge in [-0.1, -0.05) is 29.3 Å². The minimum absolute atomic E-state index is 0.0897. The number of hydrogen-bond acceptors (Lipinski definition) is 6. The maximum Gasteiger partial charge on any atom is 0.310 e. The van der Waals surface area contributed by atoms with Gasteiger partial charge in [-0.15, -0.1) is 10.2 Å². The van der Waals surface area contributed by atoms with Crippen molar-refractivity contribution in [3.05, 3.63) is 64.5 Å². The molecule has 0 unspecified atom stereocenters. The fourth-order valence-electron chi connectivity index (χ4n) is 2.42. The molecule has 1 aromatic heterocycles. The first kappa shape index (κ1) is 17.9. The topological polar surface area (TPSA) is 74.5 Å². The molecule has 0 radical (unpaired) electrons. The molecule has 0 bridgehead atoms. The molecule has 0 aliphatic heterocycles. The lowest BCUT2D eigenvalue weighted by Gasteiger charge is -2.09. The number of benzene rings is 2. The summed E-state index contributed by atoms with van der Waals surface area (Å²) in [4.78, 5) is 12.1. The zero-order valence-electron chi connectivity index (χ0n) is 14.4. The number of rotatable bonds is 6. The smallest absolute Gasteiger partial charge is 0.310 e. The van der Waals surface area contributed by atoms with Crippen LogP contribution in [0.15, 0.2) is 46.9 Å². The van der Waals surface area contributed by atoms with Crippen molar-refractivity contribution < 1.29 is 18.7 Å². The van der Waals surface area contributed by atoms with E-state index in [1.807, 2.05) is 25.1 Å². The number of halogens is 1. The summed E-state index contributed by atoms with van der Waals surface area (Å²) in [5.74, 6) is 0.808. The molecule has 26 heavy (non-hydrogen) atoms. The maximum absolute atomic E-state index is 12.1. The Hall–Kier alpha value is -2.86. The van der Waals surface area contributed by atoms with E-state index in [0.29, 0.717) is 16.7 Å². The summed E-state index contributed by atoms with van der Waals surface area (Å²) < 4.78 is 16.0. The zero-order chi connectivity index (χ0) is 18.5. The van der Waals surface area contributed by atoms with E-state index in [1.165, 1.54) is 0 Å². The van der Waals surface area contributed by atoms with E-state index in [9.17, 15) is 4.79 Å². The van der Waals surface area contributed by atoms with Gasteiger partial charge in [-0.2, -0.15) is 0 Å². The predicted molar refractivity (Wildman–Crippen MR) is 96.0 cm³/mol. The number of aromatic nitrogens is 2. The Bertz CT molecular complexity index is 906. The van der Waals surface area contributed by atoms with Gasteiger partial charge in [-0.05, 0) is 37.3 Å². The number of aryl methyl sites for hydroxylation is 1. The normalized spacial score (nSPS) is 10.6. The molecule has 0 saturated carbocycles. The molecular weight excluding hydrogens is 356 g/mol. The molecule has 6 nitrogen and oxygen atoms in total. The summed E-state index contributed by atoms with van der Waals surface area (Å²) in [5, 5.41) is 8.46. The van der Waals surface area contributed by atoms with Crippen LogP contribution in [0.25, 0.3) is 11.5 Å². The number of ether oxygens (including phenoxy) is 2. The summed E-state index contributed by atoms with van der Waals surface area (Å²) in [6.07, 6.45) is 0.100. The van der Waals surface area contributed by atoms with E-state index in [-0.39, 0.29) is 18.9 Å². The number of hydrogen-bond donors (Lipinski definition) is 0. The highest BCUT2D eigenvalue weighted by atomic mass is 35.5. The average molecular weight is 373 g/mol. The van der Waals surface area contributed by atoms with Gasteiger partial charge >= 0.3 is 5.97 Å². The monoisotopic (exact) mass is 372 g/mol. The second-order valence-electron chi connectivity index (χ2n) is 5.66. The SMILES string of the molecule is COc1ccc(C)cc1CC(=O)OCc1nnc(-c2ccc(Cl)cc2)o1. The van der Waals surface area contributed by atoms with E-state index in [2.05, 4.69) is 10.2 Å². The van der Waals surface area contributed by atoms with Gasteiger partial charge in [0.1, 0.15) is 5.75 Å². The van der Waals surface area contributed by atoms with Gasteiger partial charge in [0.15, 0.2) is 6.61 Å². The Morgan fingerprint density at radius 2 is 1.92 bits per heavy atom. The van der Waals surface area contributed by atoms with Crippen LogP contribution in [-0.2, 0) is 22.6 Å². The van der Waals surface area contributed by atoms with Gasteiger partial charge in [0.2, 0.25) is 5.89 Å². The second kappa shape index (κ2) is 8.01. The van der Waals surface area contributed by atoms with Crippen LogP contribution in [-0.4, -0.2) is 23.3 Å². The highest BCUT2D eigenvalue weighted by Crippen LogP contribution is 2.22. The molecule has 2 aromatic carbocycles. The van der Waals surface area contributed by atoms with Gasteiger partial charge in [0.05, 0.1) is 13.5 Å². The Morgan fingerprint density at radius 3 is 2.65 bits per heavy atom. The molecule has 0 amide bonds. The fraction of sp³-hybridized carbons (Fsp3) is 0.211. The molecule has 0 aliphatic rings. The fourth-order valence-corrected chi connectivity index (χ4v) is 2.54. The molecular formula is C19H17ClN2O4. The standard InChI is InChI=1S/C19H17ClN2O4/c1-12-3-8-16(24-2)14(9-12)10-18(23)25-11-17-21-22-19(26-17)13-4-6-15(20)7-5-13/h3-9H,10-11H2,1-2H3. The summed E-state index contributed by atoms with van der Waals surface area (Å²) in [6.45, 7) is 1.86. The second-order valence-corrected chi connectivity index (χ2v) is 6.10. The van der Waals surface area contributed by atoms with Gasteiger partial charge < -0.3 is 13.9 Å². The quantitative estimate of drug-likeness (QED) is 0.609. The van der Waals surface area contributed by atoms with Crippen LogP contribution < -0.4 is 4.74 Å². The zero-order valence-corrected chi connectivity index (χ0v) is 15.1. The first-order chi connectivity index (χ1) is 12.5. The summed E-state index contributed by atoms with van der Waals surface area (Å²) in [6, 6.07) is 12.7. The number of esters is 1. The Kier molecular flexibility index (Phi) is 5.53. The molecule has 1 heterocycles. The van der Waals surface area contributed by atoms with Gasteiger partial charge in [0, 0.05) is 16.1 Å². The number of carbonyl (C=O) groups is 1. The third-order valence-electron chi connectivity index (χ3n) is 3.69. The van der Waals surface area contributed by atoms with Gasteiger partial charge in [0.25, 0.3) is 5.89 Å². The molecule has 0 saturated heterocycles. The molecule has 0 N–H and O–H groups in total. The Balaban J connectivity index is 1.60. The summed E-state index contributed by atoms with van der Waals surface area (Å²) in [7, 11) is 1.57. The average Bonchev–Trinajstić information content (AvgIpc) is 3.10. The van der Waals surface area contributed by atoms with Crippen molar-refractivity contribution in [3.8, 4) is 17.2 Å². The molecule has 7 heteroatoms. The lowest BCUT2D eigenvalue weighted by Crippen LogP contribution is -2.09. The van der Waals surface area contributed by atoms with Crippen LogP contribution in [0.2, 0.25) is 5.02 Å². The first-order valence-electron chi connectivity index (χ1n) is 7.92. The van der Waals surface area contributed by atoms with Crippen LogP contribution in [0.1, 0.15) is 17.0 Å². The van der Waals surface area contributed by atoms with Crippen molar-refractivity contribution in [2.75, 3.05) is 7.11 Å². The van der Waals surface area contributed by atoms with Crippen LogP contribution in [0, 0.1) is 6.92 Å². The number of nitrogens with zero attached hydrogens (tertiary/aromatic N) is 2. The Labute approximate surface area is 155 Å². The minimum atomic E-state index is -0.403. The predicted octanol–water partition coefficient (Wildman–Crippen LogP) is 3.99. The lowest BCUT2D eigenvalue weighted by molar-refractivity contribution is -0.144.